The predicted molar refractivity (Wildman–Crippen MR) is 129 cm³/mol. The zero-order chi connectivity index (χ0) is 23.7. The van der Waals surface area contributed by atoms with Crippen LogP contribution in [0.3, 0.4) is 0 Å². The number of H-pyrrole nitrogens is 1. The molecular weight excluding hydrogens is 404 g/mol. The Hall–Kier alpha value is -2.63. The highest BCUT2D eigenvalue weighted by Crippen LogP contribution is 2.35. The van der Waals surface area contributed by atoms with Crippen molar-refractivity contribution in [2.75, 3.05) is 6.61 Å². The van der Waals surface area contributed by atoms with Crippen molar-refractivity contribution in [1.29, 1.82) is 0 Å². The number of carbonyl (C=O) groups excluding carboxylic acids is 1. The van der Waals surface area contributed by atoms with Crippen LogP contribution in [-0.4, -0.2) is 22.1 Å². The molecule has 0 amide bonds. The van der Waals surface area contributed by atoms with Crippen LogP contribution in [0.4, 0.5) is 0 Å². The van der Waals surface area contributed by atoms with Crippen LogP contribution < -0.4 is 11.2 Å². The lowest BCUT2D eigenvalue weighted by Crippen LogP contribution is -2.36. The Morgan fingerprint density at radius 1 is 1.03 bits per heavy atom. The molecule has 0 spiro atoms. The molecule has 32 heavy (non-hydrogen) atoms. The number of nitrogens with one attached hydrogen (secondary N) is 1. The number of aromatic amines is 1. The molecule has 1 unspecified atom stereocenters. The molecule has 0 aliphatic rings. The standard InChI is InChI=1S/C26H38N2O4/c1-19(2)17-26(5,20(3)4)24(30)32-16-12-7-6-11-15-28-18-22(23(29)27-25(28)31)21-13-9-8-10-14-21/h8-10,13-14,18-20H,6-7,11-12,15-17H2,1-5H3,(H,27,29,31). The Labute approximate surface area is 191 Å². The van der Waals surface area contributed by atoms with Gasteiger partial charge in [0.25, 0.3) is 5.56 Å². The second-order valence-electron chi connectivity index (χ2n) is 9.58. The normalized spacial score (nSPS) is 13.3. The molecule has 1 aromatic carbocycles. The third-order valence-corrected chi connectivity index (χ3v) is 6.20. The molecule has 1 atom stereocenters. The van der Waals surface area contributed by atoms with Gasteiger partial charge in [0.2, 0.25) is 0 Å². The van der Waals surface area contributed by atoms with Crippen molar-refractivity contribution >= 4 is 5.97 Å². The summed E-state index contributed by atoms with van der Waals surface area (Å²) < 4.78 is 7.16. The summed E-state index contributed by atoms with van der Waals surface area (Å²) in [7, 11) is 0. The number of unbranched alkanes of at least 4 members (excludes halogenated alkanes) is 3. The third-order valence-electron chi connectivity index (χ3n) is 6.20. The summed E-state index contributed by atoms with van der Waals surface area (Å²) in [5.41, 5.74) is 0.0736. The van der Waals surface area contributed by atoms with Gasteiger partial charge in [-0.15, -0.1) is 0 Å². The van der Waals surface area contributed by atoms with Crippen LogP contribution in [0.5, 0.6) is 0 Å². The van der Waals surface area contributed by atoms with E-state index in [9.17, 15) is 14.4 Å². The minimum Gasteiger partial charge on any atom is -0.465 e. The minimum atomic E-state index is -0.448. The summed E-state index contributed by atoms with van der Waals surface area (Å²) in [6.07, 6.45) is 5.90. The highest BCUT2D eigenvalue weighted by molar-refractivity contribution is 5.76. The van der Waals surface area contributed by atoms with Crippen molar-refractivity contribution < 1.29 is 9.53 Å². The molecule has 2 rings (SSSR count). The highest BCUT2D eigenvalue weighted by atomic mass is 16.5. The third kappa shape index (κ3) is 6.94. The van der Waals surface area contributed by atoms with E-state index >= 15 is 0 Å². The molecule has 0 bridgehead atoms. The van der Waals surface area contributed by atoms with E-state index in [-0.39, 0.29) is 23.1 Å². The molecule has 1 aromatic heterocycles. The van der Waals surface area contributed by atoms with Gasteiger partial charge in [-0.1, -0.05) is 64.4 Å². The van der Waals surface area contributed by atoms with Gasteiger partial charge in [-0.3, -0.25) is 19.1 Å². The van der Waals surface area contributed by atoms with Crippen LogP contribution in [0, 0.1) is 17.3 Å². The van der Waals surface area contributed by atoms with E-state index < -0.39 is 5.41 Å². The molecule has 0 saturated carbocycles. The zero-order valence-electron chi connectivity index (χ0n) is 20.1. The van der Waals surface area contributed by atoms with Crippen molar-refractivity contribution in [3.63, 3.8) is 0 Å². The van der Waals surface area contributed by atoms with E-state index in [0.29, 0.717) is 24.6 Å². The van der Waals surface area contributed by atoms with Crippen LogP contribution in [0.15, 0.2) is 46.1 Å². The number of benzene rings is 1. The van der Waals surface area contributed by atoms with E-state index in [1.165, 1.54) is 0 Å². The van der Waals surface area contributed by atoms with Gasteiger partial charge >= 0.3 is 11.7 Å². The van der Waals surface area contributed by atoms with Crippen LogP contribution in [0.1, 0.15) is 66.7 Å². The predicted octanol–water partition coefficient (Wildman–Crippen LogP) is 5.02. The number of nitrogens with zero attached hydrogens (tertiary/aromatic N) is 1. The summed E-state index contributed by atoms with van der Waals surface area (Å²) >= 11 is 0. The minimum absolute atomic E-state index is 0.102. The van der Waals surface area contributed by atoms with Crippen LogP contribution in [0.2, 0.25) is 0 Å². The number of rotatable bonds is 12. The number of aryl methyl sites for hydroxylation is 1. The molecular formula is C26H38N2O4. The molecule has 1 heterocycles. The van der Waals surface area contributed by atoms with E-state index in [4.69, 9.17) is 4.74 Å². The molecule has 6 heteroatoms. The number of aromatic nitrogens is 2. The summed E-state index contributed by atoms with van der Waals surface area (Å²) in [5.74, 6) is 0.567. The van der Waals surface area contributed by atoms with Crippen molar-refractivity contribution in [2.45, 2.75) is 73.3 Å². The van der Waals surface area contributed by atoms with Crippen LogP contribution >= 0.6 is 0 Å². The monoisotopic (exact) mass is 442 g/mol. The van der Waals surface area contributed by atoms with Gasteiger partial charge in [-0.25, -0.2) is 4.79 Å². The largest absolute Gasteiger partial charge is 0.465 e. The molecule has 0 fully saturated rings. The van der Waals surface area contributed by atoms with Gasteiger partial charge in [-0.2, -0.15) is 0 Å². The van der Waals surface area contributed by atoms with E-state index in [0.717, 1.165) is 37.7 Å². The number of esters is 1. The van der Waals surface area contributed by atoms with Crippen LogP contribution in [-0.2, 0) is 16.1 Å². The lowest BCUT2D eigenvalue weighted by molar-refractivity contribution is -0.159. The summed E-state index contributed by atoms with van der Waals surface area (Å²) in [4.78, 5) is 39.3. The summed E-state index contributed by atoms with van der Waals surface area (Å²) in [6, 6.07) is 9.32. The number of carbonyl (C=O) groups is 1. The SMILES string of the molecule is CC(C)CC(C)(C(=O)OCCCCCCn1cc(-c2ccccc2)c(=O)[nH]c1=O)C(C)C. The first kappa shape index (κ1) is 25.6. The smallest absolute Gasteiger partial charge is 0.328 e. The van der Waals surface area contributed by atoms with Gasteiger partial charge < -0.3 is 4.74 Å². The maximum Gasteiger partial charge on any atom is 0.328 e. The fourth-order valence-corrected chi connectivity index (χ4v) is 3.97. The highest BCUT2D eigenvalue weighted by Gasteiger charge is 2.38. The van der Waals surface area contributed by atoms with Gasteiger partial charge in [0.1, 0.15) is 0 Å². The maximum absolute atomic E-state index is 12.6. The Morgan fingerprint density at radius 2 is 1.69 bits per heavy atom. The fourth-order valence-electron chi connectivity index (χ4n) is 3.97. The summed E-state index contributed by atoms with van der Waals surface area (Å²) in [6.45, 7) is 11.4. The van der Waals surface area contributed by atoms with E-state index in [1.54, 1.807) is 10.8 Å². The fraction of sp³-hybridized carbons (Fsp3) is 0.577. The second kappa shape index (κ2) is 11.8. The number of hydrogen-bond acceptors (Lipinski definition) is 4. The van der Waals surface area contributed by atoms with Crippen molar-refractivity contribution in [2.24, 2.45) is 17.3 Å². The Kier molecular flexibility index (Phi) is 9.48. The molecule has 0 saturated heterocycles. The molecule has 0 aliphatic carbocycles. The maximum atomic E-state index is 12.6. The Bertz CT molecular complexity index is 975. The number of ether oxygens (including phenoxy) is 1. The average Bonchev–Trinajstić information content (AvgIpc) is 2.74. The van der Waals surface area contributed by atoms with Gasteiger partial charge in [0, 0.05) is 12.7 Å². The summed E-state index contributed by atoms with van der Waals surface area (Å²) in [5, 5.41) is 0. The van der Waals surface area contributed by atoms with Crippen molar-refractivity contribution in [3.8, 4) is 11.1 Å². The van der Waals surface area contributed by atoms with Gasteiger partial charge in [0.15, 0.2) is 0 Å². The molecule has 6 nitrogen and oxygen atoms in total. The second-order valence-corrected chi connectivity index (χ2v) is 9.58. The van der Waals surface area contributed by atoms with E-state index in [2.05, 4.69) is 32.7 Å². The van der Waals surface area contributed by atoms with Crippen LogP contribution in [0.25, 0.3) is 11.1 Å². The average molecular weight is 443 g/mol. The van der Waals surface area contributed by atoms with Crippen molar-refractivity contribution in [3.05, 3.63) is 57.4 Å². The Balaban J connectivity index is 1.79. The molecule has 0 radical (unpaired) electrons. The quantitative estimate of drug-likeness (QED) is 0.370. The first-order valence-corrected chi connectivity index (χ1v) is 11.7. The lowest BCUT2D eigenvalue weighted by atomic mass is 9.73. The van der Waals surface area contributed by atoms with E-state index in [1.807, 2.05) is 37.3 Å². The molecule has 2 aromatic rings. The van der Waals surface area contributed by atoms with Gasteiger partial charge in [-0.05, 0) is 50.0 Å². The molecule has 1 N–H and O–H groups in total. The molecule has 176 valence electrons. The first-order chi connectivity index (χ1) is 15.1. The Morgan fingerprint density at radius 3 is 2.31 bits per heavy atom. The zero-order valence-corrected chi connectivity index (χ0v) is 20.1. The van der Waals surface area contributed by atoms with Crippen molar-refractivity contribution in [1.82, 2.24) is 9.55 Å². The first-order valence-electron chi connectivity index (χ1n) is 11.7. The lowest BCUT2D eigenvalue weighted by Gasteiger charge is -2.32. The van der Waals surface area contributed by atoms with Gasteiger partial charge in [0.05, 0.1) is 17.6 Å². The molecule has 0 aliphatic heterocycles. The number of hydrogen-bond donors (Lipinski definition) is 1. The topological polar surface area (TPSA) is 81.2 Å².